The van der Waals surface area contributed by atoms with Crippen LogP contribution >= 0.6 is 0 Å². The Morgan fingerprint density at radius 2 is 2.06 bits per heavy atom. The van der Waals surface area contributed by atoms with Crippen molar-refractivity contribution in [3.8, 4) is 0 Å². The predicted octanol–water partition coefficient (Wildman–Crippen LogP) is 3.78. The molecule has 0 unspecified atom stereocenters. The summed E-state index contributed by atoms with van der Waals surface area (Å²) in [6, 6.07) is 0. The highest BCUT2D eigenvalue weighted by atomic mass is 16.3. The van der Waals surface area contributed by atoms with Gasteiger partial charge in [0.1, 0.15) is 17.7 Å². The Bertz CT molecular complexity index is 1180. The third-order valence-corrected chi connectivity index (χ3v) is 6.80. The van der Waals surface area contributed by atoms with E-state index in [0.29, 0.717) is 30.1 Å². The number of carbonyl (C=O) groups excluding carboxylic acids is 1. The first-order valence-electron chi connectivity index (χ1n) is 11.6. The molecule has 1 amide bonds. The zero-order chi connectivity index (χ0) is 22.5. The van der Waals surface area contributed by atoms with Crippen molar-refractivity contribution in [2.75, 3.05) is 43.9 Å². The average molecular weight is 437 g/mol. The van der Waals surface area contributed by atoms with Gasteiger partial charge in [-0.3, -0.25) is 4.79 Å². The fraction of sp³-hybridized carbons (Fsp3) is 0.583. The second kappa shape index (κ2) is 7.90. The van der Waals surface area contributed by atoms with E-state index in [0.717, 1.165) is 61.9 Å². The van der Waals surface area contributed by atoms with Gasteiger partial charge in [0.15, 0.2) is 11.4 Å². The molecule has 4 heterocycles. The number of hydrogen-bond donors (Lipinski definition) is 1. The molecule has 1 aliphatic carbocycles. The molecule has 1 saturated heterocycles. The van der Waals surface area contributed by atoms with E-state index >= 15 is 0 Å². The number of rotatable bonds is 6. The lowest BCUT2D eigenvalue weighted by Gasteiger charge is -2.33. The van der Waals surface area contributed by atoms with Crippen LogP contribution in [0.25, 0.3) is 22.2 Å². The minimum atomic E-state index is 0.232. The van der Waals surface area contributed by atoms with Gasteiger partial charge in [0.25, 0.3) is 0 Å². The molecule has 0 aromatic carbocycles. The second-order valence-corrected chi connectivity index (χ2v) is 10.1. The average Bonchev–Trinajstić information content (AvgIpc) is 3.33. The SMILES string of the molecule is CN(C)c1nc2oc3c(NCCCN4CCCC4=O)ncnc3c2c2c1CCC(C)(C)C2. The monoisotopic (exact) mass is 436 g/mol. The van der Waals surface area contributed by atoms with Gasteiger partial charge in [-0.2, -0.15) is 4.98 Å². The van der Waals surface area contributed by atoms with Gasteiger partial charge in [0, 0.05) is 40.2 Å². The minimum absolute atomic E-state index is 0.232. The molecule has 0 saturated carbocycles. The van der Waals surface area contributed by atoms with Crippen molar-refractivity contribution in [2.45, 2.75) is 52.4 Å². The van der Waals surface area contributed by atoms with Crippen molar-refractivity contribution in [3.05, 3.63) is 17.5 Å². The maximum absolute atomic E-state index is 11.8. The van der Waals surface area contributed by atoms with Crippen LogP contribution in [0.15, 0.2) is 10.7 Å². The zero-order valence-electron chi connectivity index (χ0n) is 19.5. The molecule has 0 atom stereocenters. The largest absolute Gasteiger partial charge is 0.432 e. The lowest BCUT2D eigenvalue weighted by molar-refractivity contribution is -0.127. The number of carbonyl (C=O) groups is 1. The highest BCUT2D eigenvalue weighted by molar-refractivity contribution is 6.07. The molecule has 1 fully saturated rings. The van der Waals surface area contributed by atoms with Gasteiger partial charge < -0.3 is 19.5 Å². The summed E-state index contributed by atoms with van der Waals surface area (Å²) in [6.45, 7) is 7.02. The van der Waals surface area contributed by atoms with E-state index in [1.165, 1.54) is 11.1 Å². The fourth-order valence-corrected chi connectivity index (χ4v) is 5.10. The van der Waals surface area contributed by atoms with Crippen molar-refractivity contribution in [2.24, 2.45) is 5.41 Å². The summed E-state index contributed by atoms with van der Waals surface area (Å²) in [4.78, 5) is 29.8. The predicted molar refractivity (Wildman–Crippen MR) is 126 cm³/mol. The molecule has 2 aliphatic rings. The van der Waals surface area contributed by atoms with Gasteiger partial charge in [-0.25, -0.2) is 9.97 Å². The van der Waals surface area contributed by atoms with E-state index in [1.54, 1.807) is 6.33 Å². The first-order valence-corrected chi connectivity index (χ1v) is 11.6. The number of likely N-dealkylation sites (tertiary alicyclic amines) is 1. The van der Waals surface area contributed by atoms with E-state index in [-0.39, 0.29) is 11.3 Å². The van der Waals surface area contributed by atoms with Gasteiger partial charge in [-0.05, 0) is 48.6 Å². The van der Waals surface area contributed by atoms with E-state index < -0.39 is 0 Å². The fourth-order valence-electron chi connectivity index (χ4n) is 5.10. The molecule has 0 radical (unpaired) electrons. The van der Waals surface area contributed by atoms with Gasteiger partial charge in [0.2, 0.25) is 11.6 Å². The lowest BCUT2D eigenvalue weighted by atomic mass is 9.73. The maximum atomic E-state index is 11.8. The number of aromatic nitrogens is 3. The number of hydrogen-bond acceptors (Lipinski definition) is 7. The van der Waals surface area contributed by atoms with Gasteiger partial charge >= 0.3 is 0 Å². The normalized spacial score (nSPS) is 17.9. The molecule has 32 heavy (non-hydrogen) atoms. The summed E-state index contributed by atoms with van der Waals surface area (Å²) in [5.41, 5.74) is 4.98. The summed E-state index contributed by atoms with van der Waals surface area (Å²) in [7, 11) is 4.07. The topological polar surface area (TPSA) is 87.4 Å². The summed E-state index contributed by atoms with van der Waals surface area (Å²) in [5.74, 6) is 1.94. The van der Waals surface area contributed by atoms with E-state index in [1.807, 2.05) is 19.0 Å². The molecule has 1 aliphatic heterocycles. The highest BCUT2D eigenvalue weighted by Gasteiger charge is 2.32. The Balaban J connectivity index is 1.49. The van der Waals surface area contributed by atoms with Crippen molar-refractivity contribution >= 4 is 39.7 Å². The van der Waals surface area contributed by atoms with Gasteiger partial charge in [-0.15, -0.1) is 0 Å². The molecular formula is C24H32N6O2. The smallest absolute Gasteiger partial charge is 0.231 e. The number of fused-ring (bicyclic) bond motifs is 5. The van der Waals surface area contributed by atoms with Crippen molar-refractivity contribution in [1.82, 2.24) is 19.9 Å². The molecular weight excluding hydrogens is 404 g/mol. The maximum Gasteiger partial charge on any atom is 0.231 e. The van der Waals surface area contributed by atoms with Crippen molar-refractivity contribution < 1.29 is 9.21 Å². The van der Waals surface area contributed by atoms with Crippen LogP contribution in [0.2, 0.25) is 0 Å². The van der Waals surface area contributed by atoms with Crippen LogP contribution in [-0.2, 0) is 17.6 Å². The van der Waals surface area contributed by atoms with Crippen LogP contribution in [0.3, 0.4) is 0 Å². The van der Waals surface area contributed by atoms with Crippen LogP contribution in [0.1, 0.15) is 50.7 Å². The molecule has 5 rings (SSSR count). The van der Waals surface area contributed by atoms with Crippen LogP contribution in [0, 0.1) is 5.41 Å². The molecule has 0 bridgehead atoms. The lowest BCUT2D eigenvalue weighted by Crippen LogP contribution is -2.27. The van der Waals surface area contributed by atoms with Crippen LogP contribution in [0.4, 0.5) is 11.6 Å². The quantitative estimate of drug-likeness (QED) is 0.589. The van der Waals surface area contributed by atoms with E-state index in [2.05, 4.69) is 34.0 Å². The van der Waals surface area contributed by atoms with E-state index in [4.69, 9.17) is 9.40 Å². The molecule has 0 spiro atoms. The third-order valence-electron chi connectivity index (χ3n) is 6.80. The molecule has 8 heteroatoms. The summed E-state index contributed by atoms with van der Waals surface area (Å²) < 4.78 is 6.27. The number of furan rings is 1. The first-order chi connectivity index (χ1) is 15.3. The zero-order valence-corrected chi connectivity index (χ0v) is 19.5. The summed E-state index contributed by atoms with van der Waals surface area (Å²) >= 11 is 0. The van der Waals surface area contributed by atoms with Crippen molar-refractivity contribution in [3.63, 3.8) is 0 Å². The van der Waals surface area contributed by atoms with Crippen LogP contribution < -0.4 is 10.2 Å². The van der Waals surface area contributed by atoms with E-state index in [9.17, 15) is 4.79 Å². The van der Waals surface area contributed by atoms with Crippen LogP contribution in [0.5, 0.6) is 0 Å². The Morgan fingerprint density at radius 3 is 2.81 bits per heavy atom. The standard InChI is InChI=1S/C24H32N6O2/c1-24(2)9-8-15-16(13-24)18-19-20(32-23(18)28-22(15)29(3)4)21(27-14-26-19)25-10-6-12-30-11-5-7-17(30)31/h14H,5-13H2,1-4H3,(H,25,26,27). The molecule has 1 N–H and O–H groups in total. The molecule has 8 nitrogen and oxygen atoms in total. The number of pyridine rings is 1. The Hall–Kier alpha value is -2.90. The number of anilines is 2. The molecule has 3 aromatic heterocycles. The number of nitrogens with zero attached hydrogens (tertiary/aromatic N) is 5. The first kappa shape index (κ1) is 21.0. The second-order valence-electron chi connectivity index (χ2n) is 10.1. The number of nitrogens with one attached hydrogen (secondary N) is 1. The Kier molecular flexibility index (Phi) is 5.18. The Morgan fingerprint density at radius 1 is 1.22 bits per heavy atom. The summed E-state index contributed by atoms with van der Waals surface area (Å²) in [6.07, 6.45) is 7.26. The Labute approximate surface area is 188 Å². The molecule has 3 aromatic rings. The van der Waals surface area contributed by atoms with Gasteiger partial charge in [0.05, 0.1) is 5.39 Å². The highest BCUT2D eigenvalue weighted by Crippen LogP contribution is 2.44. The van der Waals surface area contributed by atoms with Crippen LogP contribution in [-0.4, -0.2) is 59.5 Å². The molecule has 170 valence electrons. The van der Waals surface area contributed by atoms with Crippen molar-refractivity contribution in [1.29, 1.82) is 0 Å². The number of amides is 1. The summed E-state index contributed by atoms with van der Waals surface area (Å²) in [5, 5.41) is 4.43. The minimum Gasteiger partial charge on any atom is -0.432 e. The van der Waals surface area contributed by atoms with Gasteiger partial charge in [-0.1, -0.05) is 13.8 Å². The third kappa shape index (κ3) is 3.65.